The standard InChI is InChI=1S/C10H17N3O2/c1-3-13(5-4-6-14)10(15)9-7-11-8-12(9)2/h7-8,14H,3-6H2,1-2H3. The fourth-order valence-electron chi connectivity index (χ4n) is 1.39. The molecule has 5 heteroatoms. The van der Waals surface area contributed by atoms with Gasteiger partial charge >= 0.3 is 0 Å². The summed E-state index contributed by atoms with van der Waals surface area (Å²) in [5.74, 6) is -0.0362. The number of aryl methyl sites for hydroxylation is 1. The number of rotatable bonds is 5. The third-order valence-electron chi connectivity index (χ3n) is 2.29. The Bertz CT molecular complexity index is 322. The molecule has 0 aromatic carbocycles. The van der Waals surface area contributed by atoms with Crippen molar-refractivity contribution in [2.45, 2.75) is 13.3 Å². The highest BCUT2D eigenvalue weighted by molar-refractivity contribution is 5.92. The summed E-state index contributed by atoms with van der Waals surface area (Å²) in [6.45, 7) is 3.25. The van der Waals surface area contributed by atoms with Gasteiger partial charge in [-0.3, -0.25) is 4.79 Å². The number of carbonyl (C=O) groups is 1. The number of nitrogens with zero attached hydrogens (tertiary/aromatic N) is 3. The van der Waals surface area contributed by atoms with Crippen molar-refractivity contribution in [1.29, 1.82) is 0 Å². The van der Waals surface area contributed by atoms with E-state index in [1.54, 1.807) is 29.0 Å². The molecule has 0 bridgehead atoms. The lowest BCUT2D eigenvalue weighted by atomic mass is 10.3. The van der Waals surface area contributed by atoms with Gasteiger partial charge in [-0.1, -0.05) is 0 Å². The van der Waals surface area contributed by atoms with E-state index in [9.17, 15) is 4.79 Å². The molecule has 1 N–H and O–H groups in total. The Morgan fingerprint density at radius 1 is 1.67 bits per heavy atom. The molecular formula is C10H17N3O2. The molecule has 1 amide bonds. The molecule has 0 saturated carbocycles. The van der Waals surface area contributed by atoms with Gasteiger partial charge in [-0.25, -0.2) is 4.98 Å². The first kappa shape index (κ1) is 11.7. The second kappa shape index (κ2) is 5.50. The van der Waals surface area contributed by atoms with Crippen LogP contribution in [0.5, 0.6) is 0 Å². The first-order valence-corrected chi connectivity index (χ1v) is 5.07. The number of aliphatic hydroxyl groups is 1. The Labute approximate surface area is 89.3 Å². The van der Waals surface area contributed by atoms with Crippen LogP contribution in [0.2, 0.25) is 0 Å². The van der Waals surface area contributed by atoms with Crippen LogP contribution in [0.25, 0.3) is 0 Å². The van der Waals surface area contributed by atoms with Crippen molar-refractivity contribution in [3.8, 4) is 0 Å². The average molecular weight is 211 g/mol. The van der Waals surface area contributed by atoms with Crippen molar-refractivity contribution in [3.63, 3.8) is 0 Å². The van der Waals surface area contributed by atoms with Gasteiger partial charge in [-0.2, -0.15) is 0 Å². The molecule has 5 nitrogen and oxygen atoms in total. The summed E-state index contributed by atoms with van der Waals surface area (Å²) in [6, 6.07) is 0. The van der Waals surface area contributed by atoms with Gasteiger partial charge < -0.3 is 14.6 Å². The summed E-state index contributed by atoms with van der Waals surface area (Å²) in [7, 11) is 1.79. The minimum absolute atomic E-state index is 0.0362. The molecule has 1 rings (SSSR count). The van der Waals surface area contributed by atoms with Crippen molar-refractivity contribution in [2.24, 2.45) is 7.05 Å². The molecule has 0 unspecified atom stereocenters. The fraction of sp³-hybridized carbons (Fsp3) is 0.600. The zero-order chi connectivity index (χ0) is 11.3. The average Bonchev–Trinajstić information content (AvgIpc) is 2.65. The van der Waals surface area contributed by atoms with Gasteiger partial charge in [0.15, 0.2) is 0 Å². The van der Waals surface area contributed by atoms with Crippen LogP contribution in [0.15, 0.2) is 12.5 Å². The van der Waals surface area contributed by atoms with E-state index in [1.807, 2.05) is 6.92 Å². The summed E-state index contributed by atoms with van der Waals surface area (Å²) in [4.78, 5) is 17.6. The lowest BCUT2D eigenvalue weighted by Crippen LogP contribution is -2.33. The predicted molar refractivity (Wildman–Crippen MR) is 56.5 cm³/mol. The van der Waals surface area contributed by atoms with Crippen LogP contribution in [0, 0.1) is 0 Å². The number of carbonyl (C=O) groups excluding carboxylic acids is 1. The Hall–Kier alpha value is -1.36. The van der Waals surface area contributed by atoms with E-state index >= 15 is 0 Å². The van der Waals surface area contributed by atoms with Crippen LogP contribution < -0.4 is 0 Å². The number of aromatic nitrogens is 2. The van der Waals surface area contributed by atoms with Crippen LogP contribution in [0.4, 0.5) is 0 Å². The molecule has 1 aromatic rings. The van der Waals surface area contributed by atoms with Crippen LogP contribution >= 0.6 is 0 Å². The maximum absolute atomic E-state index is 11.9. The predicted octanol–water partition coefficient (Wildman–Crippen LogP) is 0.265. The van der Waals surface area contributed by atoms with E-state index in [4.69, 9.17) is 5.11 Å². The zero-order valence-corrected chi connectivity index (χ0v) is 9.18. The Morgan fingerprint density at radius 2 is 2.40 bits per heavy atom. The topological polar surface area (TPSA) is 58.4 Å². The normalized spacial score (nSPS) is 10.3. The third-order valence-corrected chi connectivity index (χ3v) is 2.29. The van der Waals surface area contributed by atoms with Gasteiger partial charge in [0.05, 0.1) is 12.5 Å². The molecule has 0 aliphatic rings. The molecule has 0 fully saturated rings. The first-order chi connectivity index (χ1) is 7.20. The SMILES string of the molecule is CCN(CCCO)C(=O)c1cncn1C. The maximum Gasteiger partial charge on any atom is 0.272 e. The van der Waals surface area contributed by atoms with Crippen molar-refractivity contribution >= 4 is 5.91 Å². The minimum Gasteiger partial charge on any atom is -0.396 e. The first-order valence-electron chi connectivity index (χ1n) is 5.07. The molecule has 0 aliphatic heterocycles. The second-order valence-corrected chi connectivity index (χ2v) is 3.35. The maximum atomic E-state index is 11.9. The molecule has 0 saturated heterocycles. The van der Waals surface area contributed by atoms with Gasteiger partial charge in [-0.15, -0.1) is 0 Å². The zero-order valence-electron chi connectivity index (χ0n) is 9.18. The summed E-state index contributed by atoms with van der Waals surface area (Å²) in [6.07, 6.45) is 3.77. The lowest BCUT2D eigenvalue weighted by molar-refractivity contribution is 0.0744. The number of imidazole rings is 1. The Balaban J connectivity index is 2.69. The summed E-state index contributed by atoms with van der Waals surface area (Å²) in [5.41, 5.74) is 0.579. The van der Waals surface area contributed by atoms with Crippen LogP contribution in [0.1, 0.15) is 23.8 Å². The van der Waals surface area contributed by atoms with E-state index in [0.717, 1.165) is 0 Å². The van der Waals surface area contributed by atoms with Gasteiger partial charge in [0, 0.05) is 26.7 Å². The molecule has 0 aliphatic carbocycles. The molecular weight excluding hydrogens is 194 g/mol. The monoisotopic (exact) mass is 211 g/mol. The Kier molecular flexibility index (Phi) is 4.30. The number of aliphatic hydroxyl groups excluding tert-OH is 1. The molecule has 0 radical (unpaired) electrons. The number of amides is 1. The highest BCUT2D eigenvalue weighted by Crippen LogP contribution is 2.03. The van der Waals surface area contributed by atoms with E-state index in [1.165, 1.54) is 0 Å². The van der Waals surface area contributed by atoms with Crippen LogP contribution in [-0.2, 0) is 7.05 Å². The molecule has 15 heavy (non-hydrogen) atoms. The Morgan fingerprint density at radius 3 is 2.87 bits per heavy atom. The van der Waals surface area contributed by atoms with E-state index in [-0.39, 0.29) is 12.5 Å². The van der Waals surface area contributed by atoms with Gasteiger partial charge in [0.2, 0.25) is 0 Å². The molecule has 1 heterocycles. The van der Waals surface area contributed by atoms with Crippen molar-refractivity contribution in [3.05, 3.63) is 18.2 Å². The smallest absolute Gasteiger partial charge is 0.272 e. The highest BCUT2D eigenvalue weighted by Gasteiger charge is 2.16. The lowest BCUT2D eigenvalue weighted by Gasteiger charge is -2.20. The highest BCUT2D eigenvalue weighted by atomic mass is 16.3. The van der Waals surface area contributed by atoms with Crippen molar-refractivity contribution in [2.75, 3.05) is 19.7 Å². The summed E-state index contributed by atoms with van der Waals surface area (Å²) >= 11 is 0. The summed E-state index contributed by atoms with van der Waals surface area (Å²) < 4.78 is 1.70. The number of hydrogen-bond acceptors (Lipinski definition) is 3. The third kappa shape index (κ3) is 2.79. The number of hydrogen-bond donors (Lipinski definition) is 1. The van der Waals surface area contributed by atoms with Gasteiger partial charge in [0.1, 0.15) is 5.69 Å². The van der Waals surface area contributed by atoms with E-state index in [0.29, 0.717) is 25.2 Å². The minimum atomic E-state index is -0.0362. The fourth-order valence-corrected chi connectivity index (χ4v) is 1.39. The van der Waals surface area contributed by atoms with E-state index < -0.39 is 0 Å². The van der Waals surface area contributed by atoms with Gasteiger partial charge in [-0.05, 0) is 13.3 Å². The van der Waals surface area contributed by atoms with Crippen LogP contribution in [-0.4, -0.2) is 45.2 Å². The van der Waals surface area contributed by atoms with Crippen molar-refractivity contribution in [1.82, 2.24) is 14.5 Å². The van der Waals surface area contributed by atoms with E-state index in [2.05, 4.69) is 4.98 Å². The van der Waals surface area contributed by atoms with Gasteiger partial charge in [0.25, 0.3) is 5.91 Å². The largest absolute Gasteiger partial charge is 0.396 e. The quantitative estimate of drug-likeness (QED) is 0.760. The molecule has 1 aromatic heterocycles. The summed E-state index contributed by atoms with van der Waals surface area (Å²) in [5, 5.41) is 8.72. The molecule has 84 valence electrons. The molecule has 0 atom stereocenters. The molecule has 0 spiro atoms. The van der Waals surface area contributed by atoms with Crippen molar-refractivity contribution < 1.29 is 9.90 Å². The van der Waals surface area contributed by atoms with Crippen LogP contribution in [0.3, 0.4) is 0 Å². The second-order valence-electron chi connectivity index (χ2n) is 3.35.